The third kappa shape index (κ3) is 3.15. The van der Waals surface area contributed by atoms with Crippen LogP contribution in [-0.2, 0) is 0 Å². The fourth-order valence-electron chi connectivity index (χ4n) is 1.94. The number of amides is 1. The van der Waals surface area contributed by atoms with E-state index >= 15 is 0 Å². The molecule has 0 aliphatic rings. The lowest BCUT2D eigenvalue weighted by Crippen LogP contribution is -2.36. The standard InChI is InChI=1S/C13H15BrN2O3/c14-10-2-1-9-7-12(15-11(9)8-10)13(19)16(3-5-17)4-6-18/h1-2,7-8,15,17-18H,3-6H2. The summed E-state index contributed by atoms with van der Waals surface area (Å²) in [6.45, 7) is 0.159. The molecule has 0 saturated heterocycles. The van der Waals surface area contributed by atoms with Crippen molar-refractivity contribution >= 4 is 32.7 Å². The second kappa shape index (κ2) is 6.18. The number of H-pyrrole nitrogens is 1. The Kier molecular flexibility index (Phi) is 4.57. The van der Waals surface area contributed by atoms with Crippen molar-refractivity contribution in [2.75, 3.05) is 26.3 Å². The lowest BCUT2D eigenvalue weighted by Gasteiger charge is -2.19. The SMILES string of the molecule is O=C(c1cc2ccc(Br)cc2[nH]1)N(CCO)CCO. The molecular formula is C13H15BrN2O3. The first kappa shape index (κ1) is 14.0. The first-order valence-corrected chi connectivity index (χ1v) is 6.74. The molecule has 19 heavy (non-hydrogen) atoms. The summed E-state index contributed by atoms with van der Waals surface area (Å²) in [6, 6.07) is 7.49. The molecular weight excluding hydrogens is 312 g/mol. The van der Waals surface area contributed by atoms with Gasteiger partial charge in [0.15, 0.2) is 0 Å². The van der Waals surface area contributed by atoms with Gasteiger partial charge in [-0.3, -0.25) is 4.79 Å². The quantitative estimate of drug-likeness (QED) is 0.776. The van der Waals surface area contributed by atoms with Gasteiger partial charge in [0, 0.05) is 28.5 Å². The fourth-order valence-corrected chi connectivity index (χ4v) is 2.30. The number of hydrogen-bond acceptors (Lipinski definition) is 3. The van der Waals surface area contributed by atoms with Crippen LogP contribution in [0.25, 0.3) is 10.9 Å². The second-order valence-corrected chi connectivity index (χ2v) is 5.07. The van der Waals surface area contributed by atoms with Crippen LogP contribution in [0.4, 0.5) is 0 Å². The van der Waals surface area contributed by atoms with Crippen molar-refractivity contribution < 1.29 is 15.0 Å². The first-order chi connectivity index (χ1) is 9.15. The Labute approximate surface area is 119 Å². The zero-order chi connectivity index (χ0) is 13.8. The van der Waals surface area contributed by atoms with Gasteiger partial charge in [0.05, 0.1) is 13.2 Å². The molecule has 6 heteroatoms. The van der Waals surface area contributed by atoms with Gasteiger partial charge in [0.2, 0.25) is 0 Å². The van der Waals surface area contributed by atoms with Gasteiger partial charge in [0.25, 0.3) is 5.91 Å². The largest absolute Gasteiger partial charge is 0.395 e. The minimum Gasteiger partial charge on any atom is -0.395 e. The summed E-state index contributed by atoms with van der Waals surface area (Å²) in [4.78, 5) is 16.7. The molecule has 1 aromatic carbocycles. The minimum atomic E-state index is -0.226. The summed E-state index contributed by atoms with van der Waals surface area (Å²) in [5.74, 6) is -0.226. The summed E-state index contributed by atoms with van der Waals surface area (Å²) >= 11 is 3.38. The summed E-state index contributed by atoms with van der Waals surface area (Å²) in [7, 11) is 0. The van der Waals surface area contributed by atoms with E-state index < -0.39 is 0 Å². The first-order valence-electron chi connectivity index (χ1n) is 5.95. The van der Waals surface area contributed by atoms with Gasteiger partial charge in [0.1, 0.15) is 5.69 Å². The van der Waals surface area contributed by atoms with Gasteiger partial charge in [-0.05, 0) is 18.2 Å². The number of halogens is 1. The number of carbonyl (C=O) groups excluding carboxylic acids is 1. The average Bonchev–Trinajstić information content (AvgIpc) is 2.80. The fraction of sp³-hybridized carbons (Fsp3) is 0.308. The van der Waals surface area contributed by atoms with Crippen LogP contribution in [0, 0.1) is 0 Å². The molecule has 1 aromatic heterocycles. The predicted octanol–water partition coefficient (Wildman–Crippen LogP) is 1.36. The monoisotopic (exact) mass is 326 g/mol. The maximum atomic E-state index is 12.2. The van der Waals surface area contributed by atoms with Gasteiger partial charge in [-0.1, -0.05) is 22.0 Å². The van der Waals surface area contributed by atoms with Gasteiger partial charge in [-0.25, -0.2) is 0 Å². The summed E-state index contributed by atoms with van der Waals surface area (Å²) in [5, 5.41) is 18.8. The van der Waals surface area contributed by atoms with E-state index in [9.17, 15) is 4.79 Å². The Morgan fingerprint density at radius 3 is 2.53 bits per heavy atom. The van der Waals surface area contributed by atoms with Crippen LogP contribution in [0.1, 0.15) is 10.5 Å². The number of aromatic amines is 1. The Morgan fingerprint density at radius 2 is 1.89 bits per heavy atom. The number of fused-ring (bicyclic) bond motifs is 1. The Bertz CT molecular complexity index is 576. The number of nitrogens with one attached hydrogen (secondary N) is 1. The number of benzene rings is 1. The normalized spacial score (nSPS) is 10.9. The highest BCUT2D eigenvalue weighted by molar-refractivity contribution is 9.10. The van der Waals surface area contributed by atoms with Crippen molar-refractivity contribution in [1.82, 2.24) is 9.88 Å². The molecule has 0 atom stereocenters. The van der Waals surface area contributed by atoms with Gasteiger partial charge in [-0.2, -0.15) is 0 Å². The van der Waals surface area contributed by atoms with Crippen molar-refractivity contribution in [2.45, 2.75) is 0 Å². The summed E-state index contributed by atoms with van der Waals surface area (Å²) in [5.41, 5.74) is 1.32. The van der Waals surface area contributed by atoms with Crippen LogP contribution in [0.3, 0.4) is 0 Å². The Balaban J connectivity index is 2.29. The van der Waals surface area contributed by atoms with E-state index in [-0.39, 0.29) is 32.2 Å². The molecule has 5 nitrogen and oxygen atoms in total. The van der Waals surface area contributed by atoms with Crippen LogP contribution >= 0.6 is 15.9 Å². The smallest absolute Gasteiger partial charge is 0.270 e. The number of rotatable bonds is 5. The second-order valence-electron chi connectivity index (χ2n) is 4.15. The number of nitrogens with zero attached hydrogens (tertiary/aromatic N) is 1. The van der Waals surface area contributed by atoms with Crippen LogP contribution in [0.2, 0.25) is 0 Å². The van der Waals surface area contributed by atoms with E-state index in [0.717, 1.165) is 15.4 Å². The minimum absolute atomic E-state index is 0.127. The lowest BCUT2D eigenvalue weighted by molar-refractivity contribution is 0.0680. The lowest BCUT2D eigenvalue weighted by atomic mass is 10.2. The van der Waals surface area contributed by atoms with Gasteiger partial charge < -0.3 is 20.1 Å². The van der Waals surface area contributed by atoms with Crippen molar-refractivity contribution in [2.24, 2.45) is 0 Å². The number of aliphatic hydroxyl groups excluding tert-OH is 2. The summed E-state index contributed by atoms with van der Waals surface area (Å²) < 4.78 is 0.934. The van der Waals surface area contributed by atoms with Crippen LogP contribution in [0.5, 0.6) is 0 Å². The number of hydrogen-bond donors (Lipinski definition) is 3. The third-order valence-electron chi connectivity index (χ3n) is 2.84. The molecule has 0 aliphatic carbocycles. The van der Waals surface area contributed by atoms with E-state index in [1.165, 1.54) is 4.90 Å². The molecule has 2 rings (SSSR count). The van der Waals surface area contributed by atoms with Gasteiger partial charge in [-0.15, -0.1) is 0 Å². The number of aromatic nitrogens is 1. The highest BCUT2D eigenvalue weighted by Gasteiger charge is 2.16. The van der Waals surface area contributed by atoms with E-state index in [0.29, 0.717) is 5.69 Å². The summed E-state index contributed by atoms with van der Waals surface area (Å²) in [6.07, 6.45) is 0. The molecule has 1 heterocycles. The van der Waals surface area contributed by atoms with E-state index in [2.05, 4.69) is 20.9 Å². The van der Waals surface area contributed by atoms with Crippen molar-refractivity contribution in [1.29, 1.82) is 0 Å². The van der Waals surface area contributed by atoms with Crippen LogP contribution in [-0.4, -0.2) is 52.3 Å². The molecule has 0 aliphatic heterocycles. The van der Waals surface area contributed by atoms with Gasteiger partial charge >= 0.3 is 0 Å². The topological polar surface area (TPSA) is 76.6 Å². The maximum Gasteiger partial charge on any atom is 0.270 e. The molecule has 0 bridgehead atoms. The van der Waals surface area contributed by atoms with Crippen LogP contribution in [0.15, 0.2) is 28.7 Å². The molecule has 1 amide bonds. The van der Waals surface area contributed by atoms with E-state index in [1.807, 2.05) is 18.2 Å². The molecule has 0 unspecified atom stereocenters. The predicted molar refractivity (Wildman–Crippen MR) is 76.1 cm³/mol. The zero-order valence-electron chi connectivity index (χ0n) is 10.3. The van der Waals surface area contributed by atoms with Crippen molar-refractivity contribution in [3.8, 4) is 0 Å². The Hall–Kier alpha value is -1.37. The molecule has 0 radical (unpaired) electrons. The molecule has 102 valence electrons. The van der Waals surface area contributed by atoms with Crippen molar-refractivity contribution in [3.63, 3.8) is 0 Å². The Morgan fingerprint density at radius 1 is 1.21 bits per heavy atom. The van der Waals surface area contributed by atoms with E-state index in [1.54, 1.807) is 6.07 Å². The van der Waals surface area contributed by atoms with Crippen LogP contribution < -0.4 is 0 Å². The molecule has 0 spiro atoms. The molecule has 3 N–H and O–H groups in total. The van der Waals surface area contributed by atoms with Crippen molar-refractivity contribution in [3.05, 3.63) is 34.4 Å². The third-order valence-corrected chi connectivity index (χ3v) is 3.34. The molecule has 0 fully saturated rings. The molecule has 0 saturated carbocycles. The average molecular weight is 327 g/mol. The van der Waals surface area contributed by atoms with E-state index in [4.69, 9.17) is 10.2 Å². The number of aliphatic hydroxyl groups is 2. The molecule has 2 aromatic rings. The highest BCUT2D eigenvalue weighted by atomic mass is 79.9. The highest BCUT2D eigenvalue weighted by Crippen LogP contribution is 2.21. The zero-order valence-corrected chi connectivity index (χ0v) is 11.9. The number of carbonyl (C=O) groups is 1. The maximum absolute atomic E-state index is 12.2.